The van der Waals surface area contributed by atoms with E-state index in [0.29, 0.717) is 0 Å². The number of aryl methyl sites for hydroxylation is 6. The molecule has 0 saturated carbocycles. The molecule has 7 aliphatic carbocycles. The normalized spacial score (nSPS) is 14.0. The molecule has 0 amide bonds. The maximum absolute atomic E-state index is 5.73. The van der Waals surface area contributed by atoms with E-state index in [1.165, 1.54) is 233 Å². The highest BCUT2D eigenvalue weighted by Gasteiger charge is 2.55. The molecule has 0 fully saturated rings. The highest BCUT2D eigenvalue weighted by atomic mass is 16.3. The molecular formula is C139H106O. The summed E-state index contributed by atoms with van der Waals surface area (Å²) in [5, 5.41) is 2.45. The molecule has 1 heteroatoms. The van der Waals surface area contributed by atoms with Crippen LogP contribution in [0.25, 0.3) is 111 Å². The lowest BCUT2D eigenvalue weighted by molar-refractivity contribution is 0.660. The van der Waals surface area contributed by atoms with E-state index in [0.717, 1.165) is 11.2 Å². The van der Waals surface area contributed by atoms with Crippen LogP contribution in [-0.2, 0) is 27.1 Å². The molecule has 22 aromatic rings. The summed E-state index contributed by atoms with van der Waals surface area (Å²) in [6, 6.07) is 181. The first kappa shape index (κ1) is 86.3. The Labute approximate surface area is 822 Å². The highest BCUT2D eigenvalue weighted by Crippen LogP contribution is 2.66. The van der Waals surface area contributed by atoms with Crippen molar-refractivity contribution in [3.63, 3.8) is 0 Å². The fourth-order valence-electron chi connectivity index (χ4n) is 25.4. The van der Waals surface area contributed by atoms with E-state index in [9.17, 15) is 0 Å². The molecule has 0 saturated heterocycles. The third-order valence-corrected chi connectivity index (χ3v) is 31.2. The quantitative estimate of drug-likeness (QED) is 0.167. The fourth-order valence-corrected chi connectivity index (χ4v) is 25.4. The first-order valence-electron chi connectivity index (χ1n) is 49.3. The Morgan fingerprint density at radius 2 is 0.421 bits per heavy atom. The Morgan fingerprint density at radius 3 is 0.836 bits per heavy atom. The third kappa shape index (κ3) is 13.3. The van der Waals surface area contributed by atoms with Gasteiger partial charge in [0.15, 0.2) is 0 Å². The van der Waals surface area contributed by atoms with E-state index in [1.54, 1.807) is 0 Å². The Kier molecular flexibility index (Phi) is 21.3. The number of hydrogen-bond acceptors (Lipinski definition) is 1. The van der Waals surface area contributed by atoms with Crippen LogP contribution in [0.3, 0.4) is 0 Å². The van der Waals surface area contributed by atoms with Crippen LogP contribution in [0.2, 0.25) is 0 Å². The van der Waals surface area contributed by atoms with Crippen molar-refractivity contribution in [2.24, 2.45) is 0 Å². The smallest absolute Gasteiger partial charge is 0.135 e. The van der Waals surface area contributed by atoms with Crippen molar-refractivity contribution in [1.82, 2.24) is 0 Å². The summed E-state index contributed by atoms with van der Waals surface area (Å²) in [4.78, 5) is 0. The van der Waals surface area contributed by atoms with Gasteiger partial charge in [0.1, 0.15) is 11.2 Å². The fraction of sp³-hybridized carbons (Fsp3) is 0.0935. The lowest BCUT2D eigenvalue weighted by Crippen LogP contribution is -2.28. The van der Waals surface area contributed by atoms with Crippen molar-refractivity contribution in [3.05, 3.63) is 631 Å². The number of hydrogen-bond donors (Lipinski definition) is 0. The average Bonchev–Trinajstić information content (AvgIpc) is 1.51. The van der Waals surface area contributed by atoms with Gasteiger partial charge in [0.2, 0.25) is 0 Å². The van der Waals surface area contributed by atoms with E-state index >= 15 is 0 Å². The van der Waals surface area contributed by atoms with Gasteiger partial charge in [-0.25, -0.2) is 0 Å². The maximum atomic E-state index is 5.73. The monoisotopic (exact) mass is 1790 g/mol. The van der Waals surface area contributed by atoms with Crippen LogP contribution in [0.1, 0.15) is 147 Å². The molecule has 1 aromatic heterocycles. The molecular weight excluding hydrogens is 1690 g/mol. The minimum atomic E-state index is -0.263. The van der Waals surface area contributed by atoms with Crippen LogP contribution in [0.15, 0.2) is 502 Å². The molecule has 21 aromatic carbocycles. The third-order valence-electron chi connectivity index (χ3n) is 31.2. The Bertz CT molecular complexity index is 8010. The summed E-state index contributed by atoms with van der Waals surface area (Å²) in [7, 11) is 0. The molecule has 0 unspecified atom stereocenters. The van der Waals surface area contributed by atoms with E-state index in [1.807, 2.05) is 30.3 Å². The van der Waals surface area contributed by atoms with Crippen LogP contribution in [0.5, 0.6) is 0 Å². The molecule has 2 spiro atoms. The minimum absolute atomic E-state index is 0.0709. The van der Waals surface area contributed by atoms with Crippen molar-refractivity contribution in [3.8, 4) is 89.0 Å². The van der Waals surface area contributed by atoms with Gasteiger partial charge >= 0.3 is 0 Å². The topological polar surface area (TPSA) is 13.1 Å². The van der Waals surface area contributed by atoms with Gasteiger partial charge in [0.05, 0.1) is 21.7 Å². The molecule has 0 N–H and O–H groups in total. The van der Waals surface area contributed by atoms with Crippen molar-refractivity contribution >= 4 is 21.9 Å². The molecule has 140 heavy (non-hydrogen) atoms. The van der Waals surface area contributed by atoms with Gasteiger partial charge in [-0.2, -0.15) is 0 Å². The molecule has 0 radical (unpaired) electrons. The molecule has 0 bridgehead atoms. The largest absolute Gasteiger partial charge is 0.456 e. The molecule has 0 aliphatic heterocycles. The average molecular weight is 1790 g/mol. The first-order chi connectivity index (χ1) is 68.7. The second-order valence-electron chi connectivity index (χ2n) is 39.3. The van der Waals surface area contributed by atoms with Crippen LogP contribution < -0.4 is 0 Å². The van der Waals surface area contributed by atoms with Crippen molar-refractivity contribution < 1.29 is 4.42 Å². The molecule has 1 nitrogen and oxygen atoms in total. The summed E-state index contributed by atoms with van der Waals surface area (Å²) in [6.45, 7) is 17.8. The standard InChI is InChI=1S/2C26H18.2C26H20.C22H20.C13H10O/c1-17-9-8-16-24-25(17)20-12-4-7-15-23(20)26(24)21-13-5-2-10-18(21)19-11-3-6-14-22(19)26;1-17-14-15-21-20-10-4-7-13-24(20)26(25(21)16-17)22-11-5-2-8-18(22)19-9-3-6-12-23(19)26;1-19-11-10-18-24-25(19)22-16-8-9-17-23(22)26(24,20-12-4-2-5-13-20)21-14-6-3-7-15-21;1-19-16-17-23-22-14-8-9-15-24(22)26(25(23)18-19,20-10-4-2-5-11-20)21-12-6-3-7-13-21;1-15-9-11-18-19-12-10-17(16-7-5-4-6-8-16)14-21(19)22(2,3)20(18)13-15;1-9-5-4-8-12-13(9)10-6-2-3-7-11(10)14-12/h2*2-16H,1H3;2*2-18H,1H3;4-14H,1-3H3;2-8H,1H3. The van der Waals surface area contributed by atoms with Gasteiger partial charge in [0, 0.05) is 16.2 Å². The second kappa shape index (κ2) is 34.6. The van der Waals surface area contributed by atoms with E-state index in [2.05, 4.69) is 523 Å². The van der Waals surface area contributed by atoms with Gasteiger partial charge in [-0.3, -0.25) is 0 Å². The second-order valence-corrected chi connectivity index (χ2v) is 39.3. The van der Waals surface area contributed by atoms with E-state index in [-0.39, 0.29) is 27.1 Å². The van der Waals surface area contributed by atoms with Gasteiger partial charge in [-0.15, -0.1) is 0 Å². The van der Waals surface area contributed by atoms with Crippen molar-refractivity contribution in [2.45, 2.75) is 82.5 Å². The SMILES string of the molecule is Cc1ccc2c(c1)C(C)(C)c1cc(-c3ccccc3)ccc1-2.Cc1ccc2c(c1)C(c1ccccc1)(c1ccccc1)c1ccccc1-2.Cc1ccc2c(c1)C1(c3ccccc3-c3ccccc31)c1ccccc1-2.Cc1cccc2c1-c1ccccc1C2(c1ccccc1)c1ccccc1.Cc1cccc2c1-c1ccccc1C21c2ccccc2-c2ccccc21.Cc1cccc2oc3ccccc3c12. The molecule has 29 rings (SSSR count). The highest BCUT2D eigenvalue weighted by molar-refractivity contribution is 6.07. The van der Waals surface area contributed by atoms with Gasteiger partial charge in [-0.1, -0.05) is 510 Å². The molecule has 1 heterocycles. The predicted molar refractivity (Wildman–Crippen MR) is 585 cm³/mol. The number of fused-ring (bicyclic) bond motifs is 32. The Hall–Kier alpha value is -16.6. The molecule has 668 valence electrons. The zero-order chi connectivity index (χ0) is 94.6. The van der Waals surface area contributed by atoms with Crippen LogP contribution in [-0.4, -0.2) is 0 Å². The molecule has 7 aliphatic rings. The number of benzene rings is 21. The van der Waals surface area contributed by atoms with Gasteiger partial charge in [0.25, 0.3) is 0 Å². The number of furan rings is 1. The summed E-state index contributed by atoms with van der Waals surface area (Å²) in [5.41, 5.74) is 55.9. The first-order valence-corrected chi connectivity index (χ1v) is 49.3. The summed E-state index contributed by atoms with van der Waals surface area (Å²) >= 11 is 0. The summed E-state index contributed by atoms with van der Waals surface area (Å²) < 4.78 is 5.73. The van der Waals surface area contributed by atoms with Crippen LogP contribution in [0, 0.1) is 41.5 Å². The zero-order valence-electron chi connectivity index (χ0n) is 80.3. The van der Waals surface area contributed by atoms with Crippen LogP contribution >= 0.6 is 0 Å². The van der Waals surface area contributed by atoms with Crippen molar-refractivity contribution in [2.75, 3.05) is 0 Å². The van der Waals surface area contributed by atoms with E-state index < -0.39 is 0 Å². The zero-order valence-corrected chi connectivity index (χ0v) is 80.3. The summed E-state index contributed by atoms with van der Waals surface area (Å²) in [5.74, 6) is 0. The Morgan fingerprint density at radius 1 is 0.164 bits per heavy atom. The number of para-hydroxylation sites is 1. The number of rotatable bonds is 5. The van der Waals surface area contributed by atoms with Crippen LogP contribution in [0.4, 0.5) is 0 Å². The van der Waals surface area contributed by atoms with Gasteiger partial charge < -0.3 is 4.42 Å². The Balaban J connectivity index is 0.0000000919. The summed E-state index contributed by atoms with van der Waals surface area (Å²) in [6.07, 6.45) is 0. The van der Waals surface area contributed by atoms with Crippen molar-refractivity contribution in [1.29, 1.82) is 0 Å². The van der Waals surface area contributed by atoms with E-state index in [4.69, 9.17) is 4.42 Å². The lowest BCUT2D eigenvalue weighted by atomic mass is 9.67. The molecule has 0 atom stereocenters. The predicted octanol–water partition coefficient (Wildman–Crippen LogP) is 35.3. The maximum Gasteiger partial charge on any atom is 0.135 e. The minimum Gasteiger partial charge on any atom is -0.456 e. The lowest BCUT2D eigenvalue weighted by Gasteiger charge is -2.34. The van der Waals surface area contributed by atoms with Gasteiger partial charge in [-0.05, 0) is 266 Å².